The van der Waals surface area contributed by atoms with E-state index in [1.54, 1.807) is 18.2 Å². The van der Waals surface area contributed by atoms with E-state index in [9.17, 15) is 14.9 Å². The van der Waals surface area contributed by atoms with Crippen molar-refractivity contribution in [3.63, 3.8) is 0 Å². The van der Waals surface area contributed by atoms with Gasteiger partial charge in [0.05, 0.1) is 12.0 Å². The van der Waals surface area contributed by atoms with Crippen molar-refractivity contribution in [2.24, 2.45) is 0 Å². The molecule has 0 aromatic heterocycles. The number of carbonyl (C=O) groups is 1. The van der Waals surface area contributed by atoms with Gasteiger partial charge in [-0.3, -0.25) is 10.1 Å². The van der Waals surface area contributed by atoms with Gasteiger partial charge in [-0.15, -0.1) is 0 Å². The third kappa shape index (κ3) is 6.14. The Morgan fingerprint density at radius 2 is 1.85 bits per heavy atom. The molecule has 7 nitrogen and oxygen atoms in total. The van der Waals surface area contributed by atoms with E-state index in [4.69, 9.17) is 14.2 Å². The first-order chi connectivity index (χ1) is 12.9. The van der Waals surface area contributed by atoms with Crippen LogP contribution in [0.5, 0.6) is 17.2 Å². The highest BCUT2D eigenvalue weighted by atomic mass is 16.6. The molecule has 0 aliphatic rings. The monoisotopic (exact) mass is 371 g/mol. The molecule has 0 N–H and O–H groups in total. The fourth-order valence-electron chi connectivity index (χ4n) is 2.26. The first-order valence-electron chi connectivity index (χ1n) is 8.32. The molecule has 0 fully saturated rings. The van der Waals surface area contributed by atoms with E-state index in [0.29, 0.717) is 17.2 Å². The molecule has 0 atom stereocenters. The second kappa shape index (κ2) is 9.38. The summed E-state index contributed by atoms with van der Waals surface area (Å²) in [5.74, 6) is 0.896. The lowest BCUT2D eigenvalue weighted by molar-refractivity contribution is -0.400. The second-order valence-corrected chi connectivity index (χ2v) is 6.00. The predicted octanol–water partition coefficient (Wildman–Crippen LogP) is 4.05. The highest BCUT2D eigenvalue weighted by Gasteiger charge is 2.12. The Morgan fingerprint density at radius 3 is 2.44 bits per heavy atom. The predicted molar refractivity (Wildman–Crippen MR) is 101 cm³/mol. The second-order valence-electron chi connectivity index (χ2n) is 6.00. The van der Waals surface area contributed by atoms with Crippen LogP contribution in [0.1, 0.15) is 30.9 Å². The Balaban J connectivity index is 1.97. The Morgan fingerprint density at radius 1 is 1.15 bits per heavy atom. The number of esters is 1. The highest BCUT2D eigenvalue weighted by Crippen LogP contribution is 2.29. The van der Waals surface area contributed by atoms with Gasteiger partial charge in [0, 0.05) is 6.08 Å². The Kier molecular flexibility index (Phi) is 6.93. The lowest BCUT2D eigenvalue weighted by atomic mass is 10.0. The number of hydrogen-bond donors (Lipinski definition) is 0. The molecule has 0 bridgehead atoms. The molecule has 7 heteroatoms. The van der Waals surface area contributed by atoms with Crippen LogP contribution in [0.4, 0.5) is 0 Å². The molecule has 0 amide bonds. The summed E-state index contributed by atoms with van der Waals surface area (Å²) >= 11 is 0. The molecule has 2 rings (SSSR count). The summed E-state index contributed by atoms with van der Waals surface area (Å²) in [5, 5.41) is 10.4. The molecule has 142 valence electrons. The minimum atomic E-state index is -0.588. The lowest BCUT2D eigenvalue weighted by Gasteiger charge is -2.11. The third-order valence-corrected chi connectivity index (χ3v) is 3.70. The van der Waals surface area contributed by atoms with Crippen LogP contribution in [0.15, 0.2) is 48.7 Å². The van der Waals surface area contributed by atoms with E-state index in [0.717, 1.165) is 6.20 Å². The molecule has 0 radical (unpaired) electrons. The average Bonchev–Trinajstić information content (AvgIpc) is 2.65. The van der Waals surface area contributed by atoms with Crippen molar-refractivity contribution in [2.75, 3.05) is 13.7 Å². The zero-order valence-electron chi connectivity index (χ0n) is 15.4. The summed E-state index contributed by atoms with van der Waals surface area (Å²) < 4.78 is 15.9. The van der Waals surface area contributed by atoms with Crippen LogP contribution in [0, 0.1) is 10.1 Å². The molecule has 2 aromatic carbocycles. The summed E-state index contributed by atoms with van der Waals surface area (Å²) in [4.78, 5) is 21.8. The van der Waals surface area contributed by atoms with Gasteiger partial charge in [-0.2, -0.15) is 0 Å². The maximum Gasteiger partial charge on any atom is 0.349 e. The summed E-state index contributed by atoms with van der Waals surface area (Å²) in [5.41, 5.74) is 1.73. The van der Waals surface area contributed by atoms with Gasteiger partial charge in [0.2, 0.25) is 6.20 Å². The fourth-order valence-corrected chi connectivity index (χ4v) is 2.26. The smallest absolute Gasteiger partial charge is 0.349 e. The molecular weight excluding hydrogens is 350 g/mol. The molecule has 0 saturated carbocycles. The topological polar surface area (TPSA) is 87.9 Å². The van der Waals surface area contributed by atoms with E-state index < -0.39 is 10.9 Å². The Hall–Kier alpha value is -3.35. The molecule has 0 spiro atoms. The normalized spacial score (nSPS) is 10.8. The van der Waals surface area contributed by atoms with Gasteiger partial charge in [0.15, 0.2) is 18.1 Å². The van der Waals surface area contributed by atoms with Gasteiger partial charge in [0.25, 0.3) is 0 Å². The number of hydrogen-bond acceptors (Lipinski definition) is 6. The van der Waals surface area contributed by atoms with E-state index in [1.165, 1.54) is 30.9 Å². The molecule has 0 aliphatic carbocycles. The zero-order chi connectivity index (χ0) is 19.8. The fraction of sp³-hybridized carbons (Fsp3) is 0.250. The van der Waals surface area contributed by atoms with E-state index in [2.05, 4.69) is 13.8 Å². The molecule has 0 heterocycles. The zero-order valence-corrected chi connectivity index (χ0v) is 15.4. The van der Waals surface area contributed by atoms with Crippen molar-refractivity contribution < 1.29 is 23.9 Å². The molecular formula is C20H21NO6. The molecule has 2 aromatic rings. The number of benzene rings is 2. The Labute approximate surface area is 157 Å². The Bertz CT molecular complexity index is 827. The maximum absolute atomic E-state index is 12.0. The largest absolute Gasteiger partial charge is 0.493 e. The van der Waals surface area contributed by atoms with Crippen molar-refractivity contribution in [3.05, 3.63) is 69.9 Å². The standard InChI is InChI=1S/C20H21NO6/c1-14(2)16-5-7-17(8-6-16)26-13-20(22)27-18-9-4-15(10-11-21(23)24)12-19(18)25-3/h4-12,14H,13H2,1-3H3. The van der Waals surface area contributed by atoms with Crippen molar-refractivity contribution in [1.82, 2.24) is 0 Å². The molecule has 0 unspecified atom stereocenters. The van der Waals surface area contributed by atoms with Crippen molar-refractivity contribution >= 4 is 12.0 Å². The van der Waals surface area contributed by atoms with E-state index in [1.807, 2.05) is 12.1 Å². The van der Waals surface area contributed by atoms with Crippen molar-refractivity contribution in [3.8, 4) is 17.2 Å². The average molecular weight is 371 g/mol. The van der Waals surface area contributed by atoms with Crippen molar-refractivity contribution in [2.45, 2.75) is 19.8 Å². The van der Waals surface area contributed by atoms with Crippen LogP contribution in [0.25, 0.3) is 6.08 Å². The molecule has 0 saturated heterocycles. The third-order valence-electron chi connectivity index (χ3n) is 3.70. The van der Waals surface area contributed by atoms with Crippen LogP contribution in [0.2, 0.25) is 0 Å². The number of nitro groups is 1. The van der Waals surface area contributed by atoms with Crippen LogP contribution in [-0.2, 0) is 4.79 Å². The van der Waals surface area contributed by atoms with E-state index >= 15 is 0 Å². The first kappa shape index (κ1) is 20.0. The van der Waals surface area contributed by atoms with Gasteiger partial charge in [-0.05, 0) is 41.3 Å². The van der Waals surface area contributed by atoms with Gasteiger partial charge >= 0.3 is 5.97 Å². The minimum Gasteiger partial charge on any atom is -0.493 e. The number of rotatable bonds is 8. The maximum atomic E-state index is 12.0. The van der Waals surface area contributed by atoms with Crippen LogP contribution < -0.4 is 14.2 Å². The molecule has 27 heavy (non-hydrogen) atoms. The number of nitrogens with zero attached hydrogens (tertiary/aromatic N) is 1. The first-order valence-corrected chi connectivity index (χ1v) is 8.32. The minimum absolute atomic E-state index is 0.208. The molecule has 0 aliphatic heterocycles. The van der Waals surface area contributed by atoms with Crippen LogP contribution >= 0.6 is 0 Å². The summed E-state index contributed by atoms with van der Waals surface area (Å²) in [6, 6.07) is 12.1. The number of methoxy groups -OCH3 is 1. The van der Waals surface area contributed by atoms with Crippen molar-refractivity contribution in [1.29, 1.82) is 0 Å². The number of carbonyl (C=O) groups excluding carboxylic acids is 1. The quantitative estimate of drug-likeness (QED) is 0.301. The van der Waals surface area contributed by atoms with Gasteiger partial charge < -0.3 is 14.2 Å². The highest BCUT2D eigenvalue weighted by molar-refractivity contribution is 5.75. The lowest BCUT2D eigenvalue weighted by Crippen LogP contribution is -2.18. The van der Waals surface area contributed by atoms with Crippen LogP contribution in [0.3, 0.4) is 0 Å². The van der Waals surface area contributed by atoms with Gasteiger partial charge in [-0.1, -0.05) is 32.0 Å². The van der Waals surface area contributed by atoms with Gasteiger partial charge in [-0.25, -0.2) is 4.79 Å². The van der Waals surface area contributed by atoms with Crippen LogP contribution in [-0.4, -0.2) is 24.6 Å². The SMILES string of the molecule is COc1cc(C=C[N+](=O)[O-])ccc1OC(=O)COc1ccc(C(C)C)cc1. The van der Waals surface area contributed by atoms with E-state index in [-0.39, 0.29) is 18.1 Å². The summed E-state index contributed by atoms with van der Waals surface area (Å²) in [7, 11) is 1.42. The van der Waals surface area contributed by atoms with Gasteiger partial charge in [0.1, 0.15) is 5.75 Å². The summed E-state index contributed by atoms with van der Waals surface area (Å²) in [6.07, 6.45) is 2.14. The number of ether oxygens (including phenoxy) is 3. The summed E-state index contributed by atoms with van der Waals surface area (Å²) in [6.45, 7) is 3.94.